The summed E-state index contributed by atoms with van der Waals surface area (Å²) >= 11 is 3.01. The number of Topliss-reactive ketones (excluding diaryl/α,β-unsaturated/α-hetero) is 1. The molecule has 0 radical (unpaired) electrons. The summed E-state index contributed by atoms with van der Waals surface area (Å²) < 4.78 is 9.10. The molecule has 0 N–H and O–H groups in total. The third-order valence-electron chi connectivity index (χ3n) is 5.72. The normalized spacial score (nSPS) is 12.4. The van der Waals surface area contributed by atoms with E-state index in [0.29, 0.717) is 22.7 Å². The minimum atomic E-state index is -0.201. The molecule has 0 spiro atoms. The molecule has 33 heavy (non-hydrogen) atoms. The quantitative estimate of drug-likeness (QED) is 0.189. The highest BCUT2D eigenvalue weighted by atomic mass is 32.2. The summed E-state index contributed by atoms with van der Waals surface area (Å²) in [6.07, 6.45) is 0. The van der Waals surface area contributed by atoms with E-state index in [1.54, 1.807) is 29.1 Å². The van der Waals surface area contributed by atoms with Crippen molar-refractivity contribution in [3.8, 4) is 0 Å². The summed E-state index contributed by atoms with van der Waals surface area (Å²) in [5.74, 6) is 0.229. The second-order valence-electron chi connectivity index (χ2n) is 8.05. The number of hydrogen-bond donors (Lipinski definition) is 0. The summed E-state index contributed by atoms with van der Waals surface area (Å²) in [6.45, 7) is 7.08. The number of carbonyl (C=O) groups excluding carboxylic acids is 1. The summed E-state index contributed by atoms with van der Waals surface area (Å²) in [5.41, 5.74) is 3.25. The Morgan fingerprint density at radius 3 is 2.73 bits per heavy atom. The minimum absolute atomic E-state index is 0.0267. The maximum absolute atomic E-state index is 13.2. The van der Waals surface area contributed by atoms with Crippen LogP contribution in [0.1, 0.15) is 39.6 Å². The lowest BCUT2D eigenvalue weighted by molar-refractivity contribution is 0.102. The SMILES string of the molecule is COCC(C)n1c(SCC(=O)c2cc(C)n(Cc3cccs3)c2C)nc2ccccc2c1=O. The van der Waals surface area contributed by atoms with Gasteiger partial charge < -0.3 is 9.30 Å². The molecule has 1 unspecified atom stereocenters. The third-order valence-corrected chi connectivity index (χ3v) is 7.54. The van der Waals surface area contributed by atoms with E-state index >= 15 is 0 Å². The van der Waals surface area contributed by atoms with Gasteiger partial charge in [0.15, 0.2) is 10.9 Å². The van der Waals surface area contributed by atoms with Gasteiger partial charge in [-0.25, -0.2) is 4.98 Å². The predicted octanol–water partition coefficient (Wildman–Crippen LogP) is 5.11. The highest BCUT2D eigenvalue weighted by Gasteiger charge is 2.20. The fraction of sp³-hybridized carbons (Fsp3) is 0.320. The molecule has 0 amide bonds. The topological polar surface area (TPSA) is 66.1 Å². The summed E-state index contributed by atoms with van der Waals surface area (Å²) in [6, 6.07) is 13.2. The van der Waals surface area contributed by atoms with Crippen LogP contribution >= 0.6 is 23.1 Å². The molecule has 0 bridgehead atoms. The van der Waals surface area contributed by atoms with Gasteiger partial charge in [-0.15, -0.1) is 11.3 Å². The monoisotopic (exact) mass is 481 g/mol. The van der Waals surface area contributed by atoms with Crippen molar-refractivity contribution in [3.05, 3.63) is 80.0 Å². The Labute approximate surface area is 201 Å². The number of benzene rings is 1. The Morgan fingerprint density at radius 1 is 1.21 bits per heavy atom. The number of aromatic nitrogens is 3. The Hall–Kier alpha value is -2.68. The van der Waals surface area contributed by atoms with E-state index in [2.05, 4.69) is 16.0 Å². The highest BCUT2D eigenvalue weighted by molar-refractivity contribution is 7.99. The average molecular weight is 482 g/mol. The molecule has 0 aliphatic carbocycles. The second-order valence-corrected chi connectivity index (χ2v) is 10.0. The van der Waals surface area contributed by atoms with Crippen LogP contribution in [0.3, 0.4) is 0 Å². The number of methoxy groups -OCH3 is 1. The van der Waals surface area contributed by atoms with Crippen molar-refractivity contribution in [1.29, 1.82) is 0 Å². The van der Waals surface area contributed by atoms with E-state index in [0.717, 1.165) is 23.5 Å². The van der Waals surface area contributed by atoms with Crippen molar-refractivity contribution >= 4 is 39.8 Å². The van der Waals surface area contributed by atoms with Crippen molar-refractivity contribution in [3.63, 3.8) is 0 Å². The number of thiophene rings is 1. The Bertz CT molecular complexity index is 1340. The van der Waals surface area contributed by atoms with Gasteiger partial charge in [-0.3, -0.25) is 14.2 Å². The molecule has 0 saturated heterocycles. The summed E-state index contributed by atoms with van der Waals surface area (Å²) in [4.78, 5) is 32.4. The van der Waals surface area contributed by atoms with Crippen LogP contribution in [0.5, 0.6) is 0 Å². The summed E-state index contributed by atoms with van der Waals surface area (Å²) in [5, 5.41) is 3.16. The van der Waals surface area contributed by atoms with Gasteiger partial charge in [0.2, 0.25) is 0 Å². The molecule has 3 aromatic heterocycles. The zero-order valence-electron chi connectivity index (χ0n) is 19.2. The first-order chi connectivity index (χ1) is 15.9. The molecule has 4 aromatic rings. The average Bonchev–Trinajstić information content (AvgIpc) is 3.41. The predicted molar refractivity (Wildman–Crippen MR) is 135 cm³/mol. The largest absolute Gasteiger partial charge is 0.383 e. The van der Waals surface area contributed by atoms with Gasteiger partial charge in [0.1, 0.15) is 0 Å². The van der Waals surface area contributed by atoms with Gasteiger partial charge in [0.05, 0.1) is 35.8 Å². The molecule has 4 rings (SSSR count). The fourth-order valence-corrected chi connectivity index (χ4v) is 5.70. The van der Waals surface area contributed by atoms with E-state index in [4.69, 9.17) is 9.72 Å². The lowest BCUT2D eigenvalue weighted by Crippen LogP contribution is -2.28. The highest BCUT2D eigenvalue weighted by Crippen LogP contribution is 2.25. The number of ether oxygens (including phenoxy) is 1. The molecule has 0 saturated carbocycles. The molecule has 3 heterocycles. The molecule has 0 aliphatic heterocycles. The Morgan fingerprint density at radius 2 is 2.00 bits per heavy atom. The van der Waals surface area contributed by atoms with Crippen LogP contribution < -0.4 is 5.56 Å². The zero-order valence-corrected chi connectivity index (χ0v) is 20.8. The number of para-hydroxylation sites is 1. The molecule has 0 fully saturated rings. The number of fused-ring (bicyclic) bond motifs is 1. The standard InChI is InChI=1S/C25H27N3O3S2/c1-16-12-21(18(3)27(16)13-19-8-7-11-32-19)23(29)15-33-25-26-22-10-6-5-9-20(22)24(30)28(25)17(2)14-31-4/h5-12,17H,13-15H2,1-4H3. The van der Waals surface area contributed by atoms with E-state index in [9.17, 15) is 9.59 Å². The lowest BCUT2D eigenvalue weighted by Gasteiger charge is -2.18. The molecule has 8 heteroatoms. The van der Waals surface area contributed by atoms with E-state index in [1.807, 2.05) is 51.1 Å². The lowest BCUT2D eigenvalue weighted by atomic mass is 10.2. The van der Waals surface area contributed by atoms with Crippen LogP contribution in [0.15, 0.2) is 57.8 Å². The smallest absolute Gasteiger partial charge is 0.262 e. The van der Waals surface area contributed by atoms with Gasteiger partial charge in [-0.1, -0.05) is 30.0 Å². The third kappa shape index (κ3) is 4.83. The molecular weight excluding hydrogens is 454 g/mol. The fourth-order valence-electron chi connectivity index (χ4n) is 4.02. The van der Waals surface area contributed by atoms with E-state index < -0.39 is 0 Å². The maximum Gasteiger partial charge on any atom is 0.262 e. The van der Waals surface area contributed by atoms with Gasteiger partial charge in [0.25, 0.3) is 5.56 Å². The first-order valence-electron chi connectivity index (χ1n) is 10.8. The minimum Gasteiger partial charge on any atom is -0.383 e. The number of thioether (sulfide) groups is 1. The maximum atomic E-state index is 13.2. The van der Waals surface area contributed by atoms with Crippen molar-refractivity contribution in [2.24, 2.45) is 0 Å². The van der Waals surface area contributed by atoms with Crippen LogP contribution in [-0.4, -0.2) is 39.4 Å². The first kappa shape index (κ1) is 23.5. The number of hydrogen-bond acceptors (Lipinski definition) is 6. The van der Waals surface area contributed by atoms with Gasteiger partial charge in [-0.2, -0.15) is 0 Å². The number of nitrogens with zero attached hydrogens (tertiary/aromatic N) is 3. The van der Waals surface area contributed by atoms with Crippen LogP contribution in [0, 0.1) is 13.8 Å². The van der Waals surface area contributed by atoms with Gasteiger partial charge in [-0.05, 0) is 50.4 Å². The van der Waals surface area contributed by atoms with Crippen molar-refractivity contribution < 1.29 is 9.53 Å². The molecular formula is C25H27N3O3S2. The van der Waals surface area contributed by atoms with Gasteiger partial charge >= 0.3 is 0 Å². The van der Waals surface area contributed by atoms with Crippen molar-refractivity contribution in [1.82, 2.24) is 14.1 Å². The molecule has 0 aliphatic rings. The van der Waals surface area contributed by atoms with Crippen LogP contribution in [0.4, 0.5) is 0 Å². The molecule has 1 aromatic carbocycles. The Kier molecular flexibility index (Phi) is 7.17. The van der Waals surface area contributed by atoms with Crippen LogP contribution in [-0.2, 0) is 11.3 Å². The van der Waals surface area contributed by atoms with Crippen LogP contribution in [0.2, 0.25) is 0 Å². The van der Waals surface area contributed by atoms with E-state index in [-0.39, 0.29) is 23.1 Å². The number of rotatable bonds is 9. The van der Waals surface area contributed by atoms with Crippen LogP contribution in [0.25, 0.3) is 10.9 Å². The first-order valence-corrected chi connectivity index (χ1v) is 12.6. The zero-order chi connectivity index (χ0) is 23.5. The second kappa shape index (κ2) is 10.1. The van der Waals surface area contributed by atoms with Crippen molar-refractivity contribution in [2.45, 2.75) is 38.5 Å². The molecule has 6 nitrogen and oxygen atoms in total. The number of aryl methyl sites for hydroxylation is 1. The van der Waals surface area contributed by atoms with Gasteiger partial charge in [0, 0.05) is 28.9 Å². The molecule has 172 valence electrons. The molecule has 1 atom stereocenters. The number of ketones is 1. The Balaban J connectivity index is 1.61. The van der Waals surface area contributed by atoms with Crippen molar-refractivity contribution in [2.75, 3.05) is 19.5 Å². The van der Waals surface area contributed by atoms with E-state index in [1.165, 1.54) is 16.6 Å². The summed E-state index contributed by atoms with van der Waals surface area (Å²) in [7, 11) is 1.61. The number of carbonyl (C=O) groups is 1.